The average molecular weight is 451 g/mol. The largest absolute Gasteiger partial charge is 0.326 e. The van der Waals surface area contributed by atoms with Gasteiger partial charge in [-0.15, -0.1) is 11.3 Å². The highest BCUT2D eigenvalue weighted by molar-refractivity contribution is 7.89. The molecule has 1 fully saturated rings. The molecule has 3 rings (SSSR count). The first-order valence-electron chi connectivity index (χ1n) is 10.1. The second-order valence-corrected chi connectivity index (χ2v) is 11.5. The molecule has 0 bridgehead atoms. The molecule has 1 aromatic heterocycles. The third-order valence-electron chi connectivity index (χ3n) is 4.86. The molecule has 0 spiro atoms. The van der Waals surface area contributed by atoms with Gasteiger partial charge >= 0.3 is 0 Å². The van der Waals surface area contributed by atoms with Gasteiger partial charge in [0.2, 0.25) is 15.9 Å². The molecule has 1 aliphatic heterocycles. The molecule has 0 saturated carbocycles. The van der Waals surface area contributed by atoms with Crippen molar-refractivity contribution in [1.29, 1.82) is 0 Å². The lowest BCUT2D eigenvalue weighted by Crippen LogP contribution is -2.40. The SMILES string of the molecule is Cc1nc(CN2CCC(C(=O)Nc3cccc(S(=O)(=O)NC(C)(C)C)c3)CC2)cs1. The van der Waals surface area contributed by atoms with E-state index < -0.39 is 15.6 Å². The predicted octanol–water partition coefficient (Wildman–Crippen LogP) is 3.38. The quantitative estimate of drug-likeness (QED) is 0.704. The van der Waals surface area contributed by atoms with Crippen molar-refractivity contribution in [3.05, 3.63) is 40.3 Å². The summed E-state index contributed by atoms with van der Waals surface area (Å²) in [6.07, 6.45) is 1.55. The number of nitrogens with one attached hydrogen (secondary N) is 2. The molecule has 1 amide bonds. The molecule has 164 valence electrons. The third-order valence-corrected chi connectivity index (χ3v) is 7.44. The third kappa shape index (κ3) is 6.34. The minimum atomic E-state index is -3.65. The average Bonchev–Trinajstić information content (AvgIpc) is 3.05. The number of benzene rings is 1. The summed E-state index contributed by atoms with van der Waals surface area (Å²) in [5, 5.41) is 6.05. The minimum absolute atomic E-state index is 0.0579. The number of likely N-dealkylation sites (tertiary alicyclic amines) is 1. The standard InChI is InChI=1S/C21H30N4O3S2/c1-15-22-18(14-29-15)13-25-10-8-16(9-11-25)20(26)23-17-6-5-7-19(12-17)30(27,28)24-21(2,3)4/h5-7,12,14,16,24H,8-11,13H2,1-4H3,(H,23,26). The van der Waals surface area contributed by atoms with Gasteiger partial charge in [0.05, 0.1) is 15.6 Å². The van der Waals surface area contributed by atoms with Gasteiger partial charge in [-0.25, -0.2) is 18.1 Å². The Morgan fingerprint density at radius 3 is 2.57 bits per heavy atom. The van der Waals surface area contributed by atoms with E-state index in [0.29, 0.717) is 5.69 Å². The number of aromatic nitrogens is 1. The van der Waals surface area contributed by atoms with Gasteiger partial charge in [-0.1, -0.05) is 6.07 Å². The van der Waals surface area contributed by atoms with E-state index in [-0.39, 0.29) is 16.7 Å². The molecule has 1 aliphatic rings. The van der Waals surface area contributed by atoms with Crippen LogP contribution in [0.25, 0.3) is 0 Å². The molecule has 1 aromatic carbocycles. The molecule has 7 nitrogen and oxygen atoms in total. The fourth-order valence-electron chi connectivity index (χ4n) is 3.51. The first-order valence-corrected chi connectivity index (χ1v) is 12.5. The zero-order valence-electron chi connectivity index (χ0n) is 17.9. The maximum atomic E-state index is 12.7. The van der Waals surface area contributed by atoms with Gasteiger partial charge in [-0.05, 0) is 71.8 Å². The number of piperidine rings is 1. The van der Waals surface area contributed by atoms with Crippen molar-refractivity contribution in [2.24, 2.45) is 5.92 Å². The molecule has 0 atom stereocenters. The van der Waals surface area contributed by atoms with Crippen LogP contribution in [0.3, 0.4) is 0 Å². The van der Waals surface area contributed by atoms with Gasteiger partial charge in [0.25, 0.3) is 0 Å². The van der Waals surface area contributed by atoms with Crippen LogP contribution in [0.2, 0.25) is 0 Å². The molecule has 0 radical (unpaired) electrons. The summed E-state index contributed by atoms with van der Waals surface area (Å²) < 4.78 is 27.7. The van der Waals surface area contributed by atoms with Crippen LogP contribution in [-0.4, -0.2) is 42.8 Å². The lowest BCUT2D eigenvalue weighted by molar-refractivity contribution is -0.121. The van der Waals surface area contributed by atoms with Gasteiger partial charge in [-0.3, -0.25) is 9.69 Å². The Morgan fingerprint density at radius 2 is 1.97 bits per heavy atom. The first kappa shape index (κ1) is 22.9. The number of carbonyl (C=O) groups is 1. The topological polar surface area (TPSA) is 91.4 Å². The number of anilines is 1. The Morgan fingerprint density at radius 1 is 1.27 bits per heavy atom. The number of hydrogen-bond donors (Lipinski definition) is 2. The van der Waals surface area contributed by atoms with Crippen LogP contribution in [-0.2, 0) is 21.4 Å². The molecule has 2 aromatic rings. The summed E-state index contributed by atoms with van der Waals surface area (Å²) in [4.78, 5) is 19.7. The fraction of sp³-hybridized carbons (Fsp3) is 0.524. The summed E-state index contributed by atoms with van der Waals surface area (Å²) in [6.45, 7) is 9.88. The van der Waals surface area contributed by atoms with E-state index in [4.69, 9.17) is 0 Å². The monoisotopic (exact) mass is 450 g/mol. The van der Waals surface area contributed by atoms with Crippen LogP contribution in [0.1, 0.15) is 44.3 Å². The van der Waals surface area contributed by atoms with Gasteiger partial charge < -0.3 is 5.32 Å². The van der Waals surface area contributed by atoms with Crippen LogP contribution < -0.4 is 10.0 Å². The van der Waals surface area contributed by atoms with Gasteiger partial charge in [0.1, 0.15) is 0 Å². The van der Waals surface area contributed by atoms with E-state index in [1.54, 1.807) is 44.2 Å². The Hall–Kier alpha value is -1.81. The van der Waals surface area contributed by atoms with Crippen molar-refractivity contribution in [3.8, 4) is 0 Å². The molecule has 0 aliphatic carbocycles. The number of sulfonamides is 1. The minimum Gasteiger partial charge on any atom is -0.326 e. The summed E-state index contributed by atoms with van der Waals surface area (Å²) in [5.41, 5.74) is 1.00. The number of hydrogen-bond acceptors (Lipinski definition) is 6. The lowest BCUT2D eigenvalue weighted by atomic mass is 9.95. The van der Waals surface area contributed by atoms with Crippen LogP contribution in [0, 0.1) is 12.8 Å². The maximum Gasteiger partial charge on any atom is 0.241 e. The van der Waals surface area contributed by atoms with E-state index in [0.717, 1.165) is 43.2 Å². The van der Waals surface area contributed by atoms with Crippen molar-refractivity contribution in [2.75, 3.05) is 18.4 Å². The highest BCUT2D eigenvalue weighted by Crippen LogP contribution is 2.23. The van der Waals surface area contributed by atoms with Gasteiger partial charge in [-0.2, -0.15) is 0 Å². The predicted molar refractivity (Wildman–Crippen MR) is 120 cm³/mol. The Kier molecular flexibility index (Phi) is 6.96. The summed E-state index contributed by atoms with van der Waals surface area (Å²) in [6, 6.07) is 6.40. The second-order valence-electron chi connectivity index (χ2n) is 8.78. The highest BCUT2D eigenvalue weighted by Gasteiger charge is 2.26. The summed E-state index contributed by atoms with van der Waals surface area (Å²) in [5.74, 6) is -0.135. The summed E-state index contributed by atoms with van der Waals surface area (Å²) in [7, 11) is -3.65. The number of amides is 1. The van der Waals surface area contributed by atoms with Gasteiger partial charge in [0, 0.05) is 29.1 Å². The van der Waals surface area contributed by atoms with E-state index in [1.165, 1.54) is 12.1 Å². The van der Waals surface area contributed by atoms with Crippen LogP contribution in [0.15, 0.2) is 34.5 Å². The Labute approximate surface area is 183 Å². The fourth-order valence-corrected chi connectivity index (χ4v) is 5.58. The molecular weight excluding hydrogens is 420 g/mol. The molecular formula is C21H30N4O3S2. The van der Waals surface area contributed by atoms with E-state index in [9.17, 15) is 13.2 Å². The van der Waals surface area contributed by atoms with Crippen molar-refractivity contribution in [1.82, 2.24) is 14.6 Å². The van der Waals surface area contributed by atoms with Crippen LogP contribution in [0.5, 0.6) is 0 Å². The number of aryl methyl sites for hydroxylation is 1. The smallest absolute Gasteiger partial charge is 0.241 e. The van der Waals surface area contributed by atoms with Crippen molar-refractivity contribution in [2.45, 2.75) is 57.5 Å². The van der Waals surface area contributed by atoms with E-state index in [2.05, 4.69) is 25.3 Å². The number of thiazole rings is 1. The van der Waals surface area contributed by atoms with Gasteiger partial charge in [0.15, 0.2) is 0 Å². The highest BCUT2D eigenvalue weighted by atomic mass is 32.2. The Balaban J connectivity index is 1.56. The normalized spacial score (nSPS) is 16.5. The maximum absolute atomic E-state index is 12.7. The molecule has 2 N–H and O–H groups in total. The Bertz CT molecular complexity index is 988. The van der Waals surface area contributed by atoms with Crippen LogP contribution >= 0.6 is 11.3 Å². The number of carbonyl (C=O) groups excluding carboxylic acids is 1. The summed E-state index contributed by atoms with van der Waals surface area (Å²) >= 11 is 1.66. The van der Waals surface area contributed by atoms with E-state index >= 15 is 0 Å². The molecule has 0 unspecified atom stereocenters. The van der Waals surface area contributed by atoms with Crippen LogP contribution in [0.4, 0.5) is 5.69 Å². The van der Waals surface area contributed by atoms with Crippen molar-refractivity contribution in [3.63, 3.8) is 0 Å². The van der Waals surface area contributed by atoms with E-state index in [1.807, 2.05) is 6.92 Å². The zero-order valence-corrected chi connectivity index (χ0v) is 19.6. The molecule has 9 heteroatoms. The zero-order chi connectivity index (χ0) is 21.9. The molecule has 30 heavy (non-hydrogen) atoms. The second kappa shape index (κ2) is 9.13. The first-order chi connectivity index (χ1) is 14.0. The van der Waals surface area contributed by atoms with Crippen molar-refractivity contribution < 1.29 is 13.2 Å². The number of rotatable bonds is 6. The lowest BCUT2D eigenvalue weighted by Gasteiger charge is -2.30. The van der Waals surface area contributed by atoms with Crippen molar-refractivity contribution >= 4 is 33.0 Å². The molecule has 2 heterocycles. The molecule has 1 saturated heterocycles. The number of nitrogens with zero attached hydrogens (tertiary/aromatic N) is 2.